The molecule has 112 valence electrons. The Morgan fingerprint density at radius 1 is 1.33 bits per heavy atom. The van der Waals surface area contributed by atoms with E-state index in [-0.39, 0.29) is 22.6 Å². The van der Waals surface area contributed by atoms with Gasteiger partial charge in [-0.25, -0.2) is 0 Å². The van der Waals surface area contributed by atoms with Crippen LogP contribution in [-0.4, -0.2) is 14.7 Å². The summed E-state index contributed by atoms with van der Waals surface area (Å²) in [5.41, 5.74) is 8.32. The molecule has 0 aliphatic heterocycles. The van der Waals surface area contributed by atoms with Crippen LogP contribution in [0.15, 0.2) is 30.3 Å². The van der Waals surface area contributed by atoms with Gasteiger partial charge in [0.25, 0.3) is 0 Å². The Bertz CT molecular complexity index is 635. The number of hydrogen-bond donors (Lipinski definition) is 1. The van der Waals surface area contributed by atoms with E-state index in [1.807, 2.05) is 44.2 Å². The van der Waals surface area contributed by atoms with Crippen LogP contribution in [0, 0.1) is 10.1 Å². The zero-order chi connectivity index (χ0) is 15.6. The maximum Gasteiger partial charge on any atom is 0.313 e. The Morgan fingerprint density at radius 2 is 1.95 bits per heavy atom. The highest BCUT2D eigenvalue weighted by Gasteiger charge is 2.29. The van der Waals surface area contributed by atoms with Crippen molar-refractivity contribution in [3.63, 3.8) is 0 Å². The van der Waals surface area contributed by atoms with E-state index in [0.717, 1.165) is 5.56 Å². The summed E-state index contributed by atoms with van der Waals surface area (Å²) in [5.74, 6) is -0.00157. The lowest BCUT2D eigenvalue weighted by Crippen LogP contribution is -2.16. The van der Waals surface area contributed by atoms with Crippen molar-refractivity contribution in [3.05, 3.63) is 57.4 Å². The van der Waals surface area contributed by atoms with Crippen molar-refractivity contribution in [3.8, 4) is 0 Å². The minimum absolute atomic E-state index is 0.00157. The first-order valence-corrected chi connectivity index (χ1v) is 6.92. The summed E-state index contributed by atoms with van der Waals surface area (Å²) in [6, 6.07) is 9.30. The summed E-state index contributed by atoms with van der Waals surface area (Å²) in [4.78, 5) is 11.0. The summed E-state index contributed by atoms with van der Waals surface area (Å²) in [5, 5.41) is 15.7. The molecule has 0 spiro atoms. The topological polar surface area (TPSA) is 87.0 Å². The molecule has 0 radical (unpaired) electrons. The van der Waals surface area contributed by atoms with Crippen molar-refractivity contribution in [2.75, 3.05) is 0 Å². The van der Waals surface area contributed by atoms with Crippen molar-refractivity contribution >= 4 is 5.69 Å². The van der Waals surface area contributed by atoms with Gasteiger partial charge in [0.2, 0.25) is 0 Å². The van der Waals surface area contributed by atoms with E-state index in [0.29, 0.717) is 17.8 Å². The van der Waals surface area contributed by atoms with Crippen molar-refractivity contribution in [2.24, 2.45) is 12.8 Å². The van der Waals surface area contributed by atoms with E-state index in [2.05, 4.69) is 5.10 Å². The normalized spacial score (nSPS) is 12.6. The Balaban J connectivity index is 2.38. The van der Waals surface area contributed by atoms with Crippen LogP contribution in [-0.2, 0) is 13.5 Å². The molecule has 0 saturated carbocycles. The van der Waals surface area contributed by atoms with Crippen LogP contribution in [0.2, 0.25) is 0 Å². The number of nitrogens with two attached hydrogens (primary N) is 1. The second-order valence-electron chi connectivity index (χ2n) is 5.44. The lowest BCUT2D eigenvalue weighted by Gasteiger charge is -2.11. The predicted octanol–water partition coefficient (Wildman–Crippen LogP) is 2.69. The van der Waals surface area contributed by atoms with E-state index in [9.17, 15) is 10.1 Å². The summed E-state index contributed by atoms with van der Waals surface area (Å²) >= 11 is 0. The summed E-state index contributed by atoms with van der Waals surface area (Å²) < 4.78 is 1.58. The Labute approximate surface area is 123 Å². The van der Waals surface area contributed by atoms with Crippen LogP contribution >= 0.6 is 0 Å². The summed E-state index contributed by atoms with van der Waals surface area (Å²) in [6.07, 6.45) is 0.385. The smallest absolute Gasteiger partial charge is 0.313 e. The lowest BCUT2D eigenvalue weighted by atomic mass is 10.0. The molecule has 0 bridgehead atoms. The minimum Gasteiger partial charge on any atom is -0.324 e. The number of nitro groups is 1. The van der Waals surface area contributed by atoms with Crippen LogP contribution in [0.4, 0.5) is 5.69 Å². The van der Waals surface area contributed by atoms with Gasteiger partial charge >= 0.3 is 5.69 Å². The maximum atomic E-state index is 11.4. The monoisotopic (exact) mass is 288 g/mol. The van der Waals surface area contributed by atoms with Crippen molar-refractivity contribution in [2.45, 2.75) is 32.2 Å². The molecule has 1 aromatic carbocycles. The molecular weight excluding hydrogens is 268 g/mol. The average molecular weight is 288 g/mol. The van der Waals surface area contributed by atoms with Gasteiger partial charge in [0.1, 0.15) is 11.4 Å². The van der Waals surface area contributed by atoms with Crippen LogP contribution in [0.3, 0.4) is 0 Å². The highest BCUT2D eigenvalue weighted by Crippen LogP contribution is 2.31. The van der Waals surface area contributed by atoms with Gasteiger partial charge in [-0.15, -0.1) is 0 Å². The summed E-state index contributed by atoms with van der Waals surface area (Å²) in [6.45, 7) is 3.80. The number of nitrogens with zero attached hydrogens (tertiary/aromatic N) is 3. The van der Waals surface area contributed by atoms with Crippen LogP contribution in [0.5, 0.6) is 0 Å². The van der Waals surface area contributed by atoms with E-state index < -0.39 is 0 Å². The minimum atomic E-state index is -0.352. The van der Waals surface area contributed by atoms with Gasteiger partial charge in [0, 0.05) is 25.4 Å². The van der Waals surface area contributed by atoms with Crippen molar-refractivity contribution in [1.82, 2.24) is 9.78 Å². The zero-order valence-electron chi connectivity index (χ0n) is 12.5. The number of hydrogen-bond acceptors (Lipinski definition) is 4. The molecule has 6 heteroatoms. The molecule has 2 N–H and O–H groups in total. The lowest BCUT2D eigenvalue weighted by molar-refractivity contribution is -0.386. The standard InChI is InChI=1S/C15H20N4O2/c1-10(2)14-15(19(20)21)13(18(3)17-14)9-12(16)11-7-5-4-6-8-11/h4-8,10,12H,9,16H2,1-3H3. The molecule has 0 fully saturated rings. The van der Waals surface area contributed by atoms with Gasteiger partial charge in [-0.1, -0.05) is 44.2 Å². The molecule has 0 aliphatic carbocycles. The quantitative estimate of drug-likeness (QED) is 0.677. The molecule has 1 unspecified atom stereocenters. The van der Waals surface area contributed by atoms with Gasteiger partial charge in [-0.2, -0.15) is 5.10 Å². The highest BCUT2D eigenvalue weighted by atomic mass is 16.6. The number of benzene rings is 1. The first-order chi connectivity index (χ1) is 9.91. The number of rotatable bonds is 5. The third-order valence-electron chi connectivity index (χ3n) is 3.53. The molecule has 2 rings (SSSR count). The van der Waals surface area contributed by atoms with E-state index >= 15 is 0 Å². The van der Waals surface area contributed by atoms with E-state index in [4.69, 9.17) is 5.73 Å². The second kappa shape index (κ2) is 6.05. The Hall–Kier alpha value is -2.21. The fourth-order valence-electron chi connectivity index (χ4n) is 2.41. The Morgan fingerprint density at radius 3 is 2.48 bits per heavy atom. The molecule has 0 aliphatic rings. The fourth-order valence-corrected chi connectivity index (χ4v) is 2.41. The first kappa shape index (κ1) is 15.2. The largest absolute Gasteiger partial charge is 0.324 e. The number of aromatic nitrogens is 2. The third kappa shape index (κ3) is 3.11. The molecule has 6 nitrogen and oxygen atoms in total. The Kier molecular flexibility index (Phi) is 4.37. The maximum absolute atomic E-state index is 11.4. The van der Waals surface area contributed by atoms with Crippen LogP contribution < -0.4 is 5.73 Å². The molecule has 2 aromatic rings. The molecule has 1 aromatic heterocycles. The van der Waals surface area contributed by atoms with Gasteiger partial charge in [-0.3, -0.25) is 14.8 Å². The number of aryl methyl sites for hydroxylation is 1. The van der Waals surface area contributed by atoms with Crippen molar-refractivity contribution in [1.29, 1.82) is 0 Å². The summed E-state index contributed by atoms with van der Waals surface area (Å²) in [7, 11) is 1.73. The van der Waals surface area contributed by atoms with Crippen LogP contribution in [0.1, 0.15) is 42.8 Å². The van der Waals surface area contributed by atoms with E-state index in [1.165, 1.54) is 0 Å². The first-order valence-electron chi connectivity index (χ1n) is 6.92. The molecule has 1 atom stereocenters. The molecule has 0 saturated heterocycles. The van der Waals surface area contributed by atoms with Crippen LogP contribution in [0.25, 0.3) is 0 Å². The van der Waals surface area contributed by atoms with Crippen molar-refractivity contribution < 1.29 is 4.92 Å². The van der Waals surface area contributed by atoms with Gasteiger partial charge in [-0.05, 0) is 5.56 Å². The molecular formula is C15H20N4O2. The third-order valence-corrected chi connectivity index (χ3v) is 3.53. The van der Waals surface area contributed by atoms with Gasteiger partial charge < -0.3 is 5.73 Å². The average Bonchev–Trinajstić information content (AvgIpc) is 2.77. The molecule has 0 amide bonds. The van der Waals surface area contributed by atoms with Gasteiger partial charge in [0.05, 0.1) is 4.92 Å². The fraction of sp³-hybridized carbons (Fsp3) is 0.400. The predicted molar refractivity (Wildman–Crippen MR) is 81.0 cm³/mol. The SMILES string of the molecule is CC(C)c1nn(C)c(CC(N)c2ccccc2)c1[N+](=O)[O-]. The van der Waals surface area contributed by atoms with E-state index in [1.54, 1.807) is 11.7 Å². The zero-order valence-corrected chi connectivity index (χ0v) is 12.5. The molecule has 21 heavy (non-hydrogen) atoms. The molecule has 1 heterocycles. The van der Waals surface area contributed by atoms with Gasteiger partial charge in [0.15, 0.2) is 0 Å². The second-order valence-corrected chi connectivity index (χ2v) is 5.44. The highest BCUT2D eigenvalue weighted by molar-refractivity contribution is 5.43.